The second-order valence-corrected chi connectivity index (χ2v) is 10.3. The van der Waals surface area contributed by atoms with E-state index in [9.17, 15) is 9.59 Å². The highest BCUT2D eigenvalue weighted by molar-refractivity contribution is 5.99. The summed E-state index contributed by atoms with van der Waals surface area (Å²) in [5, 5.41) is 14.5. The third kappa shape index (κ3) is 6.34. The first-order valence-electron chi connectivity index (χ1n) is 13.8. The van der Waals surface area contributed by atoms with Crippen LogP contribution in [-0.4, -0.2) is 50.1 Å². The average molecular weight is 543 g/mol. The zero-order valence-electron chi connectivity index (χ0n) is 22.7. The first kappa shape index (κ1) is 27.4. The van der Waals surface area contributed by atoms with Crippen LogP contribution in [0.3, 0.4) is 0 Å². The molecule has 3 heterocycles. The number of pyridine rings is 1. The van der Waals surface area contributed by atoms with Gasteiger partial charge in [0.15, 0.2) is 17.2 Å². The van der Waals surface area contributed by atoms with Crippen molar-refractivity contribution in [1.82, 2.24) is 24.8 Å². The molecule has 1 aliphatic carbocycles. The molecule has 0 bridgehead atoms. The van der Waals surface area contributed by atoms with Crippen LogP contribution in [0.25, 0.3) is 22.1 Å². The Kier molecular flexibility index (Phi) is 8.75. The van der Waals surface area contributed by atoms with Gasteiger partial charge in [-0.15, -0.1) is 15.3 Å². The number of hydrogen-bond donors (Lipinski definition) is 1. The highest BCUT2D eigenvalue weighted by Gasteiger charge is 2.19. The molecule has 40 heavy (non-hydrogen) atoms. The van der Waals surface area contributed by atoms with Gasteiger partial charge in [0.05, 0.1) is 11.4 Å². The van der Waals surface area contributed by atoms with Crippen molar-refractivity contribution in [3.05, 3.63) is 65.8 Å². The fourth-order valence-electron chi connectivity index (χ4n) is 5.20. The van der Waals surface area contributed by atoms with Crippen molar-refractivity contribution >= 4 is 33.7 Å². The van der Waals surface area contributed by atoms with Gasteiger partial charge in [-0.25, -0.2) is 0 Å². The number of aromatic nitrogens is 5. The number of ether oxygens (including phenoxy) is 2. The zero-order chi connectivity index (χ0) is 27.9. The number of rotatable bonds is 10. The molecular weight excluding hydrogens is 508 g/mol. The summed E-state index contributed by atoms with van der Waals surface area (Å²) >= 11 is 0. The molecule has 10 heteroatoms. The van der Waals surface area contributed by atoms with Crippen LogP contribution >= 0.6 is 0 Å². The van der Waals surface area contributed by atoms with E-state index in [1.807, 2.05) is 36.4 Å². The number of carbonyl (C=O) groups is 2. The van der Waals surface area contributed by atoms with Crippen LogP contribution in [0.5, 0.6) is 5.88 Å². The first-order chi connectivity index (χ1) is 19.5. The van der Waals surface area contributed by atoms with Crippen molar-refractivity contribution in [2.24, 2.45) is 11.7 Å². The Morgan fingerprint density at radius 3 is 2.50 bits per heavy atom. The van der Waals surface area contributed by atoms with E-state index in [2.05, 4.69) is 20.3 Å². The highest BCUT2D eigenvalue weighted by Crippen LogP contribution is 2.28. The number of methoxy groups -OCH3 is 1. The summed E-state index contributed by atoms with van der Waals surface area (Å²) in [7, 11) is 1.44. The van der Waals surface area contributed by atoms with Gasteiger partial charge in [-0.2, -0.15) is 4.52 Å². The number of nitrogens with two attached hydrogens (primary N) is 1. The fraction of sp³-hybridized carbons (Fsp3) is 0.400. The number of Topliss-reactive ketones (excluding diaryl/α,β-unsaturated/α-hetero) is 1. The molecule has 5 rings (SSSR count). The molecule has 1 aliphatic rings. The van der Waals surface area contributed by atoms with E-state index in [0.29, 0.717) is 35.1 Å². The molecule has 0 radical (unpaired) electrons. The maximum Gasteiger partial charge on any atom is 0.240 e. The number of ketones is 2. The van der Waals surface area contributed by atoms with Crippen molar-refractivity contribution in [2.45, 2.75) is 58.0 Å². The van der Waals surface area contributed by atoms with E-state index in [4.69, 9.17) is 15.2 Å². The third-order valence-electron chi connectivity index (χ3n) is 7.29. The number of carbonyl (C=O) groups excluding carboxylic acids is 2. The lowest BCUT2D eigenvalue weighted by Gasteiger charge is -2.18. The lowest BCUT2D eigenvalue weighted by atomic mass is 9.87. The van der Waals surface area contributed by atoms with Crippen LogP contribution in [0.15, 0.2) is 48.7 Å². The molecule has 208 valence electrons. The lowest BCUT2D eigenvalue weighted by Crippen LogP contribution is -2.12. The number of benzene rings is 1. The van der Waals surface area contributed by atoms with Crippen molar-refractivity contribution in [3.8, 4) is 5.88 Å². The maximum absolute atomic E-state index is 12.9. The smallest absolute Gasteiger partial charge is 0.240 e. The van der Waals surface area contributed by atoms with Crippen LogP contribution in [0, 0.1) is 5.92 Å². The van der Waals surface area contributed by atoms with Gasteiger partial charge in [-0.3, -0.25) is 14.6 Å². The van der Waals surface area contributed by atoms with E-state index in [1.54, 1.807) is 6.20 Å². The monoisotopic (exact) mass is 542 g/mol. The Balaban J connectivity index is 1.33. The maximum atomic E-state index is 12.9. The van der Waals surface area contributed by atoms with Crippen LogP contribution in [0.4, 0.5) is 0 Å². The van der Waals surface area contributed by atoms with Gasteiger partial charge >= 0.3 is 0 Å². The van der Waals surface area contributed by atoms with Gasteiger partial charge in [-0.1, -0.05) is 63.1 Å². The van der Waals surface area contributed by atoms with Gasteiger partial charge < -0.3 is 15.2 Å². The normalized spacial score (nSPS) is 15.2. The molecule has 0 amide bonds. The molecule has 10 nitrogen and oxygen atoms in total. The van der Waals surface area contributed by atoms with E-state index in [-0.39, 0.29) is 36.3 Å². The molecule has 0 saturated heterocycles. The summed E-state index contributed by atoms with van der Waals surface area (Å²) in [6, 6.07) is 11.2. The van der Waals surface area contributed by atoms with Gasteiger partial charge in [0, 0.05) is 42.1 Å². The molecule has 0 unspecified atom stereocenters. The lowest BCUT2D eigenvalue weighted by molar-refractivity contribution is -0.117. The van der Waals surface area contributed by atoms with Crippen molar-refractivity contribution in [3.63, 3.8) is 0 Å². The standard InChI is InChI=1S/C30H34N6O4/c1-39-19-23(37)16-26(31)29-34-33-28-24-11-7-8-12-25(24)30(35-36(28)29)40-18-22-14-13-21(17-32-22)27(38)15-20-9-5-3-2-4-6-10-20/h7-8,11-14,16-17,20H,2-6,9-10,15,18-19,31H2,1H3. The van der Waals surface area contributed by atoms with E-state index < -0.39 is 0 Å². The van der Waals surface area contributed by atoms with Crippen LogP contribution < -0.4 is 10.5 Å². The molecular formula is C30H34N6O4. The molecule has 1 saturated carbocycles. The van der Waals surface area contributed by atoms with Gasteiger partial charge in [-0.05, 0) is 24.1 Å². The minimum Gasteiger partial charge on any atom is -0.470 e. The third-order valence-corrected chi connectivity index (χ3v) is 7.29. The number of hydrogen-bond acceptors (Lipinski definition) is 9. The van der Waals surface area contributed by atoms with Gasteiger partial charge in [0.25, 0.3) is 0 Å². The zero-order valence-corrected chi connectivity index (χ0v) is 22.7. The van der Waals surface area contributed by atoms with Crippen molar-refractivity contribution in [1.29, 1.82) is 0 Å². The summed E-state index contributed by atoms with van der Waals surface area (Å²) in [6.45, 7) is 0.0504. The van der Waals surface area contributed by atoms with Crippen molar-refractivity contribution in [2.75, 3.05) is 13.7 Å². The Morgan fingerprint density at radius 1 is 1.02 bits per heavy atom. The van der Waals surface area contributed by atoms with E-state index in [1.165, 1.54) is 49.8 Å². The van der Waals surface area contributed by atoms with Gasteiger partial charge in [0.1, 0.15) is 13.2 Å². The fourth-order valence-corrected chi connectivity index (χ4v) is 5.20. The Hall–Kier alpha value is -4.18. The highest BCUT2D eigenvalue weighted by atomic mass is 16.5. The summed E-state index contributed by atoms with van der Waals surface area (Å²) in [5.41, 5.74) is 8.05. The predicted molar refractivity (Wildman–Crippen MR) is 151 cm³/mol. The molecule has 1 aromatic carbocycles. The minimum absolute atomic E-state index is 0.0971. The molecule has 4 aromatic rings. The second-order valence-electron chi connectivity index (χ2n) is 10.3. The summed E-state index contributed by atoms with van der Waals surface area (Å²) in [5.74, 6) is 0.881. The van der Waals surface area contributed by atoms with Crippen molar-refractivity contribution < 1.29 is 19.1 Å². The Labute approximate surface area is 232 Å². The second kappa shape index (κ2) is 12.8. The van der Waals surface area contributed by atoms with E-state index >= 15 is 0 Å². The van der Waals surface area contributed by atoms with Crippen LogP contribution in [0.1, 0.15) is 73.2 Å². The predicted octanol–water partition coefficient (Wildman–Crippen LogP) is 4.70. The Morgan fingerprint density at radius 2 is 1.77 bits per heavy atom. The summed E-state index contributed by atoms with van der Waals surface area (Å²) < 4.78 is 12.4. The molecule has 0 spiro atoms. The number of nitrogens with zero attached hydrogens (tertiary/aromatic N) is 5. The SMILES string of the molecule is COCC(=O)C=C(N)c1nnc2c3ccccc3c(OCc3ccc(C(=O)CC4CCCCCCC4)cn3)nn12. The largest absolute Gasteiger partial charge is 0.470 e. The molecule has 3 aromatic heterocycles. The molecule has 0 atom stereocenters. The Bertz CT molecular complexity index is 1520. The van der Waals surface area contributed by atoms with Crippen LogP contribution in [0.2, 0.25) is 0 Å². The molecule has 0 aliphatic heterocycles. The number of fused-ring (bicyclic) bond motifs is 3. The molecule has 2 N–H and O–H groups in total. The molecule has 1 fully saturated rings. The topological polar surface area (TPSA) is 135 Å². The summed E-state index contributed by atoms with van der Waals surface area (Å²) in [4.78, 5) is 29.4. The van der Waals surface area contributed by atoms with E-state index in [0.717, 1.165) is 23.6 Å². The van der Waals surface area contributed by atoms with Gasteiger partial charge in [0.2, 0.25) is 11.7 Å². The first-order valence-corrected chi connectivity index (χ1v) is 13.8. The summed E-state index contributed by atoms with van der Waals surface area (Å²) in [6.07, 6.45) is 12.0. The quantitative estimate of drug-likeness (QED) is 0.223. The van der Waals surface area contributed by atoms with Crippen LogP contribution in [-0.2, 0) is 16.1 Å². The average Bonchev–Trinajstić information content (AvgIpc) is 3.38. The minimum atomic E-state index is -0.299.